The van der Waals surface area contributed by atoms with Gasteiger partial charge in [0.15, 0.2) is 23.2 Å². The second-order valence-corrected chi connectivity index (χ2v) is 8.96. The highest BCUT2D eigenvalue weighted by Crippen LogP contribution is 2.36. The summed E-state index contributed by atoms with van der Waals surface area (Å²) in [5.74, 6) is -4.20. The van der Waals surface area contributed by atoms with Crippen LogP contribution in [0.3, 0.4) is 0 Å². The Morgan fingerprint density at radius 2 is 1.47 bits per heavy atom. The van der Waals surface area contributed by atoms with Crippen LogP contribution in [0.4, 0.5) is 17.6 Å². The van der Waals surface area contributed by atoms with Gasteiger partial charge in [-0.2, -0.15) is 4.39 Å². The van der Waals surface area contributed by atoms with Crippen molar-refractivity contribution in [3.05, 3.63) is 89.5 Å². The number of allylic oxidation sites excluding steroid dienone is 2. The van der Waals surface area contributed by atoms with Crippen molar-refractivity contribution in [2.45, 2.75) is 51.6 Å². The van der Waals surface area contributed by atoms with E-state index in [1.54, 1.807) is 43.3 Å². The van der Waals surface area contributed by atoms with Crippen LogP contribution in [0.5, 0.6) is 5.75 Å². The molecule has 190 valence electrons. The van der Waals surface area contributed by atoms with E-state index in [-0.39, 0.29) is 35.5 Å². The van der Waals surface area contributed by atoms with E-state index in [2.05, 4.69) is 6.08 Å². The Balaban J connectivity index is 1.50. The molecule has 4 rings (SSSR count). The zero-order valence-corrected chi connectivity index (χ0v) is 20.5. The van der Waals surface area contributed by atoms with Gasteiger partial charge >= 0.3 is 0 Å². The summed E-state index contributed by atoms with van der Waals surface area (Å²) in [4.78, 5) is 0. The van der Waals surface area contributed by atoms with Crippen molar-refractivity contribution in [1.82, 2.24) is 0 Å². The highest BCUT2D eigenvalue weighted by molar-refractivity contribution is 5.71. The molecule has 0 radical (unpaired) electrons. The summed E-state index contributed by atoms with van der Waals surface area (Å²) in [7, 11) is 0. The molecule has 3 aromatic carbocycles. The average Bonchev–Trinajstić information content (AvgIpc) is 2.90. The number of benzene rings is 3. The molecule has 1 aliphatic heterocycles. The number of ether oxygens (including phenoxy) is 2. The second-order valence-electron chi connectivity index (χ2n) is 8.96. The molecule has 1 aliphatic rings. The minimum atomic E-state index is -1.06. The van der Waals surface area contributed by atoms with E-state index in [0.717, 1.165) is 25.7 Å². The van der Waals surface area contributed by atoms with E-state index in [0.29, 0.717) is 23.3 Å². The van der Waals surface area contributed by atoms with E-state index in [1.807, 2.05) is 13.0 Å². The van der Waals surface area contributed by atoms with Gasteiger partial charge in [-0.25, -0.2) is 13.2 Å². The van der Waals surface area contributed by atoms with Gasteiger partial charge in [-0.15, -0.1) is 0 Å². The molecule has 36 heavy (non-hydrogen) atoms. The number of rotatable bonds is 8. The lowest BCUT2D eigenvalue weighted by Crippen LogP contribution is -2.25. The Bertz CT molecular complexity index is 1210. The quantitative estimate of drug-likeness (QED) is 0.229. The number of halogens is 4. The summed E-state index contributed by atoms with van der Waals surface area (Å²) in [5.41, 5.74) is 1.36. The van der Waals surface area contributed by atoms with Gasteiger partial charge in [-0.1, -0.05) is 48.6 Å². The first-order chi connectivity index (χ1) is 17.4. The van der Waals surface area contributed by atoms with Crippen LogP contribution in [-0.4, -0.2) is 19.3 Å². The van der Waals surface area contributed by atoms with E-state index >= 15 is 8.78 Å². The Kier molecular flexibility index (Phi) is 8.47. The molecule has 1 heterocycles. The van der Waals surface area contributed by atoms with Crippen molar-refractivity contribution < 1.29 is 27.0 Å². The molecular weight excluding hydrogens is 468 g/mol. The van der Waals surface area contributed by atoms with Gasteiger partial charge in [0.05, 0.1) is 19.3 Å². The molecule has 0 N–H and O–H groups in total. The molecule has 3 aromatic rings. The fraction of sp³-hybridized carbons (Fsp3) is 0.333. The van der Waals surface area contributed by atoms with Gasteiger partial charge in [0.25, 0.3) is 0 Å². The molecule has 0 aliphatic carbocycles. The lowest BCUT2D eigenvalue weighted by molar-refractivity contribution is -0.000894. The maximum absolute atomic E-state index is 15.1. The summed E-state index contributed by atoms with van der Waals surface area (Å²) in [6.07, 6.45) is 7.69. The van der Waals surface area contributed by atoms with Crippen molar-refractivity contribution in [2.24, 2.45) is 0 Å². The van der Waals surface area contributed by atoms with Gasteiger partial charge in [0.2, 0.25) is 5.82 Å². The van der Waals surface area contributed by atoms with Crippen molar-refractivity contribution in [1.29, 1.82) is 0 Å². The third kappa shape index (κ3) is 5.49. The van der Waals surface area contributed by atoms with Gasteiger partial charge in [0.1, 0.15) is 0 Å². The van der Waals surface area contributed by atoms with E-state index in [9.17, 15) is 8.78 Å². The van der Waals surface area contributed by atoms with Crippen molar-refractivity contribution in [2.75, 3.05) is 13.2 Å². The maximum atomic E-state index is 15.1. The molecule has 1 fully saturated rings. The predicted octanol–water partition coefficient (Wildman–Crippen LogP) is 8.59. The van der Waals surface area contributed by atoms with Crippen LogP contribution < -0.4 is 4.74 Å². The fourth-order valence-corrected chi connectivity index (χ4v) is 4.68. The SMILES string of the molecule is CC=CCCC1CCC(c2ccc(-c3ccc(-c4ccc(OCC)c(F)c4F)cc3)c(F)c2F)CO1. The smallest absolute Gasteiger partial charge is 0.201 e. The number of hydrogen-bond donors (Lipinski definition) is 0. The first-order valence-electron chi connectivity index (χ1n) is 12.4. The molecule has 1 saturated heterocycles. The molecule has 0 bridgehead atoms. The summed E-state index contributed by atoms with van der Waals surface area (Å²) >= 11 is 0. The van der Waals surface area contributed by atoms with Crippen LogP contribution in [0.15, 0.2) is 60.7 Å². The van der Waals surface area contributed by atoms with E-state index < -0.39 is 23.3 Å². The zero-order chi connectivity index (χ0) is 25.7. The van der Waals surface area contributed by atoms with E-state index in [1.165, 1.54) is 12.1 Å². The molecule has 0 spiro atoms. The zero-order valence-electron chi connectivity index (χ0n) is 20.5. The van der Waals surface area contributed by atoms with Crippen molar-refractivity contribution >= 4 is 0 Å². The van der Waals surface area contributed by atoms with Crippen LogP contribution in [0.1, 0.15) is 51.0 Å². The monoisotopic (exact) mass is 498 g/mol. The third-order valence-corrected chi connectivity index (χ3v) is 6.67. The van der Waals surface area contributed by atoms with Crippen LogP contribution in [0.2, 0.25) is 0 Å². The van der Waals surface area contributed by atoms with Crippen LogP contribution in [0, 0.1) is 23.3 Å². The average molecular weight is 499 g/mol. The highest BCUT2D eigenvalue weighted by Gasteiger charge is 2.27. The summed E-state index contributed by atoms with van der Waals surface area (Å²) in [5, 5.41) is 0. The van der Waals surface area contributed by atoms with Gasteiger partial charge in [-0.05, 0) is 68.4 Å². The molecule has 0 saturated carbocycles. The summed E-state index contributed by atoms with van der Waals surface area (Å²) < 4.78 is 70.0. The normalized spacial score (nSPS) is 18.1. The number of hydrogen-bond acceptors (Lipinski definition) is 2. The molecule has 0 aromatic heterocycles. The summed E-state index contributed by atoms with van der Waals surface area (Å²) in [6.45, 7) is 4.26. The largest absolute Gasteiger partial charge is 0.491 e. The Morgan fingerprint density at radius 1 is 0.833 bits per heavy atom. The Hall–Kier alpha value is -3.12. The minimum Gasteiger partial charge on any atom is -0.491 e. The van der Waals surface area contributed by atoms with Gasteiger partial charge in [0, 0.05) is 17.0 Å². The Labute approximate surface area is 209 Å². The molecule has 2 atom stereocenters. The predicted molar refractivity (Wildman–Crippen MR) is 134 cm³/mol. The standard InChI is InChI=1S/C30H30F4O2/c1-3-5-6-7-22-13-12-21(18-36-22)25-15-14-23(27(31)28(25)32)19-8-10-20(11-9-19)24-16-17-26(35-4-2)30(34)29(24)33/h3,5,8-11,14-17,21-22H,4,6-7,12-13,18H2,1-2H3. The first kappa shape index (κ1) is 26.0. The van der Waals surface area contributed by atoms with Crippen LogP contribution in [-0.2, 0) is 4.74 Å². The maximum Gasteiger partial charge on any atom is 0.201 e. The fourth-order valence-electron chi connectivity index (χ4n) is 4.68. The minimum absolute atomic E-state index is 0.0609. The lowest BCUT2D eigenvalue weighted by atomic mass is 9.88. The van der Waals surface area contributed by atoms with E-state index in [4.69, 9.17) is 9.47 Å². The van der Waals surface area contributed by atoms with Gasteiger partial charge < -0.3 is 9.47 Å². The topological polar surface area (TPSA) is 18.5 Å². The third-order valence-electron chi connectivity index (χ3n) is 6.67. The van der Waals surface area contributed by atoms with Crippen molar-refractivity contribution in [3.8, 4) is 28.0 Å². The molecule has 6 heteroatoms. The molecule has 0 amide bonds. The molecule has 2 unspecified atom stereocenters. The summed E-state index contributed by atoms with van der Waals surface area (Å²) in [6, 6.07) is 12.3. The van der Waals surface area contributed by atoms with Gasteiger partial charge in [-0.3, -0.25) is 0 Å². The highest BCUT2D eigenvalue weighted by atomic mass is 19.2. The lowest BCUT2D eigenvalue weighted by Gasteiger charge is -2.29. The Morgan fingerprint density at radius 3 is 2.06 bits per heavy atom. The molecular formula is C30H30F4O2. The van der Waals surface area contributed by atoms with Crippen LogP contribution in [0.25, 0.3) is 22.3 Å². The van der Waals surface area contributed by atoms with Crippen molar-refractivity contribution in [3.63, 3.8) is 0 Å². The van der Waals surface area contributed by atoms with Crippen LogP contribution >= 0.6 is 0 Å². The second kappa shape index (κ2) is 11.7. The molecule has 2 nitrogen and oxygen atoms in total. The first-order valence-corrected chi connectivity index (χ1v) is 12.4.